The topological polar surface area (TPSA) is 88.5 Å². The molecule has 1 aromatic heterocycles. The van der Waals surface area contributed by atoms with Gasteiger partial charge in [0, 0.05) is 23.7 Å². The zero-order valence-corrected chi connectivity index (χ0v) is 22.0. The Morgan fingerprint density at radius 1 is 1.03 bits per heavy atom. The van der Waals surface area contributed by atoms with Gasteiger partial charge in [0.25, 0.3) is 0 Å². The molecule has 0 atom stereocenters. The number of hydrogen-bond donors (Lipinski definition) is 2. The summed E-state index contributed by atoms with van der Waals surface area (Å²) in [5.41, 5.74) is 0.256. The van der Waals surface area contributed by atoms with E-state index in [1.54, 1.807) is 42.1 Å². The van der Waals surface area contributed by atoms with Crippen LogP contribution in [0.3, 0.4) is 0 Å². The van der Waals surface area contributed by atoms with Gasteiger partial charge < -0.3 is 20.3 Å². The maximum Gasteiger partial charge on any atom is 0.416 e. The Labute approximate surface area is 219 Å². The van der Waals surface area contributed by atoms with Crippen LogP contribution in [0.15, 0.2) is 54.6 Å². The molecule has 2 aromatic carbocycles. The second-order valence-electron chi connectivity index (χ2n) is 9.75. The summed E-state index contributed by atoms with van der Waals surface area (Å²) in [5.74, 6) is 0.608. The normalized spacial score (nSPS) is 11.7. The molecular weight excluding hydrogens is 499 g/mol. The Hall–Kier alpha value is -4.02. The molecule has 0 aliphatic carbocycles. The maximum absolute atomic E-state index is 13.0. The third kappa shape index (κ3) is 7.27. The highest BCUT2D eigenvalue weighted by Crippen LogP contribution is 2.31. The van der Waals surface area contributed by atoms with Crippen LogP contribution in [-0.4, -0.2) is 46.8 Å². The van der Waals surface area contributed by atoms with Crippen LogP contribution in [0.25, 0.3) is 5.69 Å². The van der Waals surface area contributed by atoms with E-state index in [0.29, 0.717) is 23.7 Å². The molecule has 2 N–H and O–H groups in total. The van der Waals surface area contributed by atoms with Crippen LogP contribution in [0.5, 0.6) is 5.75 Å². The van der Waals surface area contributed by atoms with Gasteiger partial charge in [0.05, 0.1) is 24.1 Å². The first-order valence-electron chi connectivity index (χ1n) is 12.1. The molecule has 0 bridgehead atoms. The van der Waals surface area contributed by atoms with Crippen molar-refractivity contribution in [2.45, 2.75) is 45.7 Å². The number of anilines is 2. The molecule has 38 heavy (non-hydrogen) atoms. The molecule has 0 spiro atoms. The monoisotopic (exact) mass is 531 g/mol. The number of carbonyl (C=O) groups excluding carboxylic acids is 2. The maximum atomic E-state index is 13.0. The highest BCUT2D eigenvalue weighted by Gasteiger charge is 2.30. The zero-order chi connectivity index (χ0) is 28.1. The van der Waals surface area contributed by atoms with Crippen molar-refractivity contribution in [3.8, 4) is 11.4 Å². The van der Waals surface area contributed by atoms with Gasteiger partial charge in [-0.25, -0.2) is 9.48 Å². The summed E-state index contributed by atoms with van der Waals surface area (Å²) < 4.78 is 45.9. The number of nitrogens with one attached hydrogen (secondary N) is 2. The Balaban J connectivity index is 1.79. The van der Waals surface area contributed by atoms with Crippen molar-refractivity contribution in [1.82, 2.24) is 14.7 Å². The predicted octanol–water partition coefficient (Wildman–Crippen LogP) is 6.08. The van der Waals surface area contributed by atoms with Gasteiger partial charge in [-0.1, -0.05) is 33.8 Å². The fourth-order valence-corrected chi connectivity index (χ4v) is 3.61. The third-order valence-electron chi connectivity index (χ3n) is 5.62. The average Bonchev–Trinajstić information content (AvgIpc) is 3.27. The number of rotatable bonds is 8. The highest BCUT2D eigenvalue weighted by atomic mass is 19.4. The number of nitrogens with zero attached hydrogens (tertiary/aromatic N) is 3. The summed E-state index contributed by atoms with van der Waals surface area (Å²) in [7, 11) is 1.57. The van der Waals surface area contributed by atoms with Gasteiger partial charge in [0.1, 0.15) is 18.1 Å². The van der Waals surface area contributed by atoms with Gasteiger partial charge in [-0.2, -0.15) is 18.3 Å². The minimum atomic E-state index is -4.54. The number of ether oxygens (including phenoxy) is 1. The van der Waals surface area contributed by atoms with Gasteiger partial charge in [0.2, 0.25) is 5.91 Å². The van der Waals surface area contributed by atoms with E-state index in [1.807, 2.05) is 27.7 Å². The smallest absolute Gasteiger partial charge is 0.416 e. The minimum Gasteiger partial charge on any atom is -0.497 e. The van der Waals surface area contributed by atoms with Crippen LogP contribution in [0.1, 0.15) is 45.4 Å². The summed E-state index contributed by atoms with van der Waals surface area (Å²) in [6.45, 7) is 7.75. The van der Waals surface area contributed by atoms with Crippen LogP contribution in [0.4, 0.5) is 29.5 Å². The molecular formula is C27H32F3N5O3. The van der Waals surface area contributed by atoms with Crippen LogP contribution in [0.2, 0.25) is 0 Å². The molecule has 0 unspecified atom stereocenters. The van der Waals surface area contributed by atoms with E-state index in [0.717, 1.165) is 17.8 Å². The lowest BCUT2D eigenvalue weighted by Crippen LogP contribution is -2.41. The first-order chi connectivity index (χ1) is 17.8. The number of aromatic nitrogens is 2. The minimum absolute atomic E-state index is 0.0151. The van der Waals surface area contributed by atoms with Crippen LogP contribution >= 0.6 is 0 Å². The lowest BCUT2D eigenvalue weighted by Gasteiger charge is -2.22. The van der Waals surface area contributed by atoms with E-state index in [4.69, 9.17) is 4.74 Å². The highest BCUT2D eigenvalue weighted by molar-refractivity contribution is 5.96. The molecule has 0 saturated heterocycles. The van der Waals surface area contributed by atoms with E-state index >= 15 is 0 Å². The second-order valence-corrected chi connectivity index (χ2v) is 9.75. The van der Waals surface area contributed by atoms with E-state index in [9.17, 15) is 22.8 Å². The van der Waals surface area contributed by atoms with Crippen molar-refractivity contribution in [2.24, 2.45) is 0 Å². The van der Waals surface area contributed by atoms with Gasteiger partial charge in [0.15, 0.2) is 0 Å². The van der Waals surface area contributed by atoms with Crippen molar-refractivity contribution >= 4 is 23.4 Å². The average molecular weight is 532 g/mol. The molecule has 8 nitrogen and oxygen atoms in total. The standard InChI is InChI=1S/C27H32F3N5O3/c1-6-14-34(25(37)31-19-9-7-8-18(15-19)27(28,29)30)17-24(36)32-23-16-22(26(2,3)4)33-35(23)20-10-12-21(38-5)13-11-20/h7-13,15-16H,6,14,17H2,1-5H3,(H,31,37)(H,32,36). The van der Waals surface area contributed by atoms with Crippen molar-refractivity contribution < 1.29 is 27.5 Å². The number of benzene rings is 2. The van der Waals surface area contributed by atoms with Crippen LogP contribution in [0, 0.1) is 0 Å². The summed E-state index contributed by atoms with van der Waals surface area (Å²) in [5, 5.41) is 9.96. The molecule has 1 heterocycles. The van der Waals surface area contributed by atoms with Crippen molar-refractivity contribution in [1.29, 1.82) is 0 Å². The largest absolute Gasteiger partial charge is 0.497 e. The number of methoxy groups -OCH3 is 1. The SMILES string of the molecule is CCCN(CC(=O)Nc1cc(C(C)(C)C)nn1-c1ccc(OC)cc1)C(=O)Nc1cccc(C(F)(F)F)c1. The Bertz CT molecular complexity index is 1260. The fourth-order valence-electron chi connectivity index (χ4n) is 3.61. The number of carbonyl (C=O) groups is 2. The fraction of sp³-hybridized carbons (Fsp3) is 0.370. The number of urea groups is 1. The lowest BCUT2D eigenvalue weighted by molar-refractivity contribution is -0.137. The summed E-state index contributed by atoms with van der Waals surface area (Å²) in [6.07, 6.45) is -4.00. The Morgan fingerprint density at radius 3 is 2.29 bits per heavy atom. The van der Waals surface area contributed by atoms with Crippen molar-refractivity contribution in [3.63, 3.8) is 0 Å². The molecule has 0 saturated carbocycles. The molecule has 0 aliphatic heterocycles. The third-order valence-corrected chi connectivity index (χ3v) is 5.62. The first-order valence-corrected chi connectivity index (χ1v) is 12.1. The van der Waals surface area contributed by atoms with Gasteiger partial charge >= 0.3 is 12.2 Å². The molecule has 11 heteroatoms. The molecule has 0 aliphatic rings. The van der Waals surface area contributed by atoms with Crippen molar-refractivity contribution in [3.05, 3.63) is 65.9 Å². The van der Waals surface area contributed by atoms with Crippen molar-refractivity contribution in [2.75, 3.05) is 30.8 Å². The van der Waals surface area contributed by atoms with E-state index in [2.05, 4.69) is 15.7 Å². The van der Waals surface area contributed by atoms with Gasteiger partial charge in [-0.3, -0.25) is 4.79 Å². The number of amides is 3. The number of hydrogen-bond acceptors (Lipinski definition) is 4. The van der Waals surface area contributed by atoms with Gasteiger partial charge in [-0.15, -0.1) is 0 Å². The lowest BCUT2D eigenvalue weighted by atomic mass is 9.92. The summed E-state index contributed by atoms with van der Waals surface area (Å²) in [6, 6.07) is 12.6. The molecule has 204 valence electrons. The molecule has 0 radical (unpaired) electrons. The molecule has 3 amide bonds. The van der Waals surface area contributed by atoms with Crippen LogP contribution < -0.4 is 15.4 Å². The number of alkyl halides is 3. The van der Waals surface area contributed by atoms with E-state index in [-0.39, 0.29) is 24.2 Å². The van der Waals surface area contributed by atoms with E-state index in [1.165, 1.54) is 17.0 Å². The summed E-state index contributed by atoms with van der Waals surface area (Å²) in [4.78, 5) is 27.1. The van der Waals surface area contributed by atoms with Crippen LogP contribution in [-0.2, 0) is 16.4 Å². The zero-order valence-electron chi connectivity index (χ0n) is 22.0. The summed E-state index contributed by atoms with van der Waals surface area (Å²) >= 11 is 0. The second kappa shape index (κ2) is 11.6. The Morgan fingerprint density at radius 2 is 1.71 bits per heavy atom. The Kier molecular flexibility index (Phi) is 8.70. The first kappa shape index (κ1) is 28.5. The van der Waals surface area contributed by atoms with E-state index < -0.39 is 23.7 Å². The molecule has 3 rings (SSSR count). The molecule has 3 aromatic rings. The quantitative estimate of drug-likeness (QED) is 0.369. The predicted molar refractivity (Wildman–Crippen MR) is 140 cm³/mol. The molecule has 0 fully saturated rings. The number of halogens is 3. The van der Waals surface area contributed by atoms with Gasteiger partial charge in [-0.05, 0) is 48.9 Å².